The van der Waals surface area contributed by atoms with Gasteiger partial charge in [0, 0.05) is 6.07 Å². The highest BCUT2D eigenvalue weighted by atomic mass is 32.2. The fourth-order valence-corrected chi connectivity index (χ4v) is 2.13. The first-order chi connectivity index (χ1) is 12.0. The standard InChI is InChI=1S/C14H20FN5O.CH4O3S/c1-3-4-5-14(2,8-21)20-12-11-10(18-13(16)19-12)6-9(15)7-17-11;1-5(2,3)4/h6-7,21H,3-5,8H2,1-2H3,(H3,16,18,19,20);1H3,(H,2,3,4)/t14-;/m1./s1. The zero-order valence-electron chi connectivity index (χ0n) is 14.9. The fraction of sp³-hybridized carbons (Fsp3) is 0.533. The Morgan fingerprint density at radius 2 is 2.00 bits per heavy atom. The third-order valence-electron chi connectivity index (χ3n) is 3.37. The number of aromatic nitrogens is 3. The van der Waals surface area contributed by atoms with E-state index in [0.717, 1.165) is 25.5 Å². The van der Waals surface area contributed by atoms with Gasteiger partial charge in [0.2, 0.25) is 5.95 Å². The number of nitrogens with two attached hydrogens (primary N) is 1. The van der Waals surface area contributed by atoms with Crippen LogP contribution in [0.5, 0.6) is 0 Å². The van der Waals surface area contributed by atoms with Crippen molar-refractivity contribution in [2.75, 3.05) is 23.9 Å². The molecule has 0 saturated carbocycles. The van der Waals surface area contributed by atoms with E-state index in [9.17, 15) is 17.9 Å². The Morgan fingerprint density at radius 3 is 2.54 bits per heavy atom. The van der Waals surface area contributed by atoms with Crippen LogP contribution in [-0.4, -0.2) is 51.4 Å². The molecule has 5 N–H and O–H groups in total. The number of nitrogen functional groups attached to an aromatic ring is 1. The van der Waals surface area contributed by atoms with E-state index in [2.05, 4.69) is 27.2 Å². The molecule has 0 fully saturated rings. The van der Waals surface area contributed by atoms with Crippen LogP contribution in [0.25, 0.3) is 11.0 Å². The van der Waals surface area contributed by atoms with E-state index in [1.807, 2.05) is 6.92 Å². The van der Waals surface area contributed by atoms with Gasteiger partial charge in [-0.25, -0.2) is 14.4 Å². The van der Waals surface area contributed by atoms with Gasteiger partial charge in [0.1, 0.15) is 11.3 Å². The second kappa shape index (κ2) is 9.01. The van der Waals surface area contributed by atoms with E-state index in [4.69, 9.17) is 10.3 Å². The van der Waals surface area contributed by atoms with Gasteiger partial charge in [-0.1, -0.05) is 19.8 Å². The highest BCUT2D eigenvalue weighted by Gasteiger charge is 2.24. The number of anilines is 2. The van der Waals surface area contributed by atoms with E-state index in [-0.39, 0.29) is 12.6 Å². The monoisotopic (exact) mass is 389 g/mol. The molecule has 2 heterocycles. The van der Waals surface area contributed by atoms with Crippen molar-refractivity contribution in [3.05, 3.63) is 18.1 Å². The number of nitrogens with zero attached hydrogens (tertiary/aromatic N) is 3. The van der Waals surface area contributed by atoms with Crippen LogP contribution in [0, 0.1) is 5.82 Å². The third kappa shape index (κ3) is 7.42. The molecule has 0 amide bonds. The van der Waals surface area contributed by atoms with E-state index in [1.54, 1.807) is 0 Å². The van der Waals surface area contributed by atoms with Crippen molar-refractivity contribution in [1.29, 1.82) is 0 Å². The molecule has 1 atom stereocenters. The summed E-state index contributed by atoms with van der Waals surface area (Å²) < 4.78 is 39.1. The summed E-state index contributed by atoms with van der Waals surface area (Å²) in [5.74, 6) is -0.0409. The van der Waals surface area contributed by atoms with Crippen LogP contribution in [-0.2, 0) is 10.1 Å². The smallest absolute Gasteiger partial charge is 0.261 e. The second-order valence-corrected chi connectivity index (χ2v) is 7.60. The molecule has 0 unspecified atom stereocenters. The first-order valence-electron chi connectivity index (χ1n) is 7.87. The average Bonchev–Trinajstić information content (AvgIpc) is 2.50. The SMILES string of the molecule is CCCC[C@](C)(CO)Nc1nc(N)nc2cc(F)cnc12.CS(=O)(=O)O. The van der Waals surface area contributed by atoms with Gasteiger partial charge in [-0.3, -0.25) is 4.55 Å². The highest BCUT2D eigenvalue weighted by Crippen LogP contribution is 2.25. The maximum absolute atomic E-state index is 13.2. The Bertz CT molecular complexity index is 836. The minimum Gasteiger partial charge on any atom is -0.394 e. The van der Waals surface area contributed by atoms with Crippen LogP contribution in [0.4, 0.5) is 16.2 Å². The summed E-state index contributed by atoms with van der Waals surface area (Å²) in [5.41, 5.74) is 5.88. The summed E-state index contributed by atoms with van der Waals surface area (Å²) >= 11 is 0. The number of rotatable bonds is 6. The molecule has 2 aromatic heterocycles. The Hall–Kier alpha value is -2.11. The highest BCUT2D eigenvalue weighted by molar-refractivity contribution is 7.85. The normalized spacial score (nSPS) is 13.6. The first kappa shape index (κ1) is 21.9. The van der Waals surface area contributed by atoms with Gasteiger partial charge in [0.25, 0.3) is 10.1 Å². The van der Waals surface area contributed by atoms with E-state index < -0.39 is 21.5 Å². The van der Waals surface area contributed by atoms with Gasteiger partial charge in [0.05, 0.1) is 30.1 Å². The largest absolute Gasteiger partial charge is 0.394 e. The number of hydrogen-bond donors (Lipinski definition) is 4. The minimum absolute atomic E-state index is 0.0354. The maximum Gasteiger partial charge on any atom is 0.261 e. The van der Waals surface area contributed by atoms with Crippen LogP contribution in [0.15, 0.2) is 12.3 Å². The summed E-state index contributed by atoms with van der Waals surface area (Å²) in [6.45, 7) is 3.93. The summed E-state index contributed by atoms with van der Waals surface area (Å²) in [7, 11) is -3.67. The van der Waals surface area contributed by atoms with Crippen LogP contribution in [0.2, 0.25) is 0 Å². The van der Waals surface area contributed by atoms with Gasteiger partial charge in [-0.2, -0.15) is 13.4 Å². The number of fused-ring (bicyclic) bond motifs is 1. The number of hydrogen-bond acceptors (Lipinski definition) is 8. The second-order valence-electron chi connectivity index (χ2n) is 6.13. The molecule has 0 saturated heterocycles. The third-order valence-corrected chi connectivity index (χ3v) is 3.37. The van der Waals surface area contributed by atoms with Crippen molar-refractivity contribution >= 4 is 32.9 Å². The number of aliphatic hydroxyl groups is 1. The zero-order valence-corrected chi connectivity index (χ0v) is 15.7. The van der Waals surface area contributed by atoms with Gasteiger partial charge in [-0.15, -0.1) is 0 Å². The van der Waals surface area contributed by atoms with Crippen LogP contribution in [0.3, 0.4) is 0 Å². The van der Waals surface area contributed by atoms with Gasteiger partial charge in [0.15, 0.2) is 5.82 Å². The number of unbranched alkanes of at least 4 members (excludes halogenated alkanes) is 1. The molecule has 9 nitrogen and oxygen atoms in total. The van der Waals surface area contributed by atoms with Gasteiger partial charge in [-0.05, 0) is 13.3 Å². The predicted molar refractivity (Wildman–Crippen MR) is 97.8 cm³/mol. The summed E-state index contributed by atoms with van der Waals surface area (Å²) in [5, 5.41) is 12.8. The summed E-state index contributed by atoms with van der Waals surface area (Å²) in [6.07, 6.45) is 4.58. The van der Waals surface area contributed by atoms with Crippen molar-refractivity contribution in [3.8, 4) is 0 Å². The minimum atomic E-state index is -3.67. The lowest BCUT2D eigenvalue weighted by Gasteiger charge is -2.29. The van der Waals surface area contributed by atoms with Gasteiger partial charge >= 0.3 is 0 Å². The van der Waals surface area contributed by atoms with Crippen LogP contribution >= 0.6 is 0 Å². The molecule has 0 aromatic carbocycles. The molecule has 0 aliphatic heterocycles. The number of nitrogens with one attached hydrogen (secondary N) is 1. The maximum atomic E-state index is 13.2. The fourth-order valence-electron chi connectivity index (χ4n) is 2.13. The Labute approximate surface area is 151 Å². The molecule has 11 heteroatoms. The number of aliphatic hydroxyl groups excluding tert-OH is 1. The molecule has 146 valence electrons. The lowest BCUT2D eigenvalue weighted by Crippen LogP contribution is -2.39. The Morgan fingerprint density at radius 1 is 1.38 bits per heavy atom. The predicted octanol–water partition coefficient (Wildman–Crippen LogP) is 1.60. The van der Waals surface area contributed by atoms with Crippen LogP contribution < -0.4 is 11.1 Å². The molecule has 26 heavy (non-hydrogen) atoms. The lowest BCUT2D eigenvalue weighted by atomic mass is 9.96. The van der Waals surface area contributed by atoms with E-state index in [1.165, 1.54) is 6.07 Å². The quantitative estimate of drug-likeness (QED) is 0.540. The van der Waals surface area contributed by atoms with Crippen molar-refractivity contribution in [2.45, 2.75) is 38.6 Å². The summed E-state index contributed by atoms with van der Waals surface area (Å²) in [4.78, 5) is 12.1. The molecule has 0 spiro atoms. The molecule has 0 aliphatic rings. The molecular formula is C15H24FN5O4S. The summed E-state index contributed by atoms with van der Waals surface area (Å²) in [6, 6.07) is 1.26. The number of halogens is 1. The zero-order chi connectivity index (χ0) is 20.0. The topological polar surface area (TPSA) is 151 Å². The Kier molecular flexibility index (Phi) is 7.60. The molecular weight excluding hydrogens is 365 g/mol. The first-order valence-corrected chi connectivity index (χ1v) is 9.72. The van der Waals surface area contributed by atoms with Gasteiger partial charge < -0.3 is 16.2 Å². The molecule has 0 aliphatic carbocycles. The van der Waals surface area contributed by atoms with Crippen molar-refractivity contribution < 1.29 is 22.5 Å². The van der Waals surface area contributed by atoms with E-state index >= 15 is 0 Å². The molecule has 0 radical (unpaired) electrons. The van der Waals surface area contributed by atoms with Crippen molar-refractivity contribution in [3.63, 3.8) is 0 Å². The lowest BCUT2D eigenvalue weighted by molar-refractivity contribution is 0.212. The molecule has 2 rings (SSSR count). The van der Waals surface area contributed by atoms with E-state index in [0.29, 0.717) is 23.1 Å². The van der Waals surface area contributed by atoms with Crippen molar-refractivity contribution in [1.82, 2.24) is 15.0 Å². The molecule has 2 aromatic rings. The average molecular weight is 389 g/mol. The Balaban J connectivity index is 0.000000597. The van der Waals surface area contributed by atoms with Crippen molar-refractivity contribution in [2.24, 2.45) is 0 Å². The number of pyridine rings is 1. The van der Waals surface area contributed by atoms with Crippen LogP contribution in [0.1, 0.15) is 33.1 Å². The molecule has 0 bridgehead atoms.